The summed E-state index contributed by atoms with van der Waals surface area (Å²) in [6.45, 7) is 8.51. The van der Waals surface area contributed by atoms with Crippen LogP contribution in [-0.2, 0) is 4.79 Å². The van der Waals surface area contributed by atoms with Crippen LogP contribution < -0.4 is 10.2 Å². The first-order valence-corrected chi connectivity index (χ1v) is 6.43. The Labute approximate surface area is 115 Å². The molecule has 0 radical (unpaired) electrons. The molecule has 19 heavy (non-hydrogen) atoms. The summed E-state index contributed by atoms with van der Waals surface area (Å²) in [7, 11) is 0. The molecule has 0 saturated heterocycles. The zero-order valence-corrected chi connectivity index (χ0v) is 12.0. The second-order valence-electron chi connectivity index (χ2n) is 4.95. The van der Waals surface area contributed by atoms with E-state index >= 15 is 0 Å². The van der Waals surface area contributed by atoms with E-state index in [1.54, 1.807) is 0 Å². The number of nitrogens with zero attached hydrogens (tertiary/aromatic N) is 2. The van der Waals surface area contributed by atoms with E-state index in [4.69, 9.17) is 5.26 Å². The van der Waals surface area contributed by atoms with Gasteiger partial charge in [-0.2, -0.15) is 5.26 Å². The molecular weight excluding hydrogens is 238 g/mol. The molecule has 0 atom stereocenters. The monoisotopic (exact) mass is 259 g/mol. The summed E-state index contributed by atoms with van der Waals surface area (Å²) in [6.07, 6.45) is 0. The Morgan fingerprint density at radius 2 is 2.11 bits per heavy atom. The lowest BCUT2D eigenvalue weighted by Crippen LogP contribution is -2.41. The highest BCUT2D eigenvalue weighted by atomic mass is 16.2. The van der Waals surface area contributed by atoms with Crippen molar-refractivity contribution in [2.24, 2.45) is 0 Å². The third-order valence-electron chi connectivity index (χ3n) is 2.98. The zero-order chi connectivity index (χ0) is 14.4. The molecule has 0 aromatic heterocycles. The predicted octanol–water partition coefficient (Wildman–Crippen LogP) is 2.16. The number of carbonyl (C=O) groups excluding carboxylic acids is 1. The van der Waals surface area contributed by atoms with E-state index in [0.29, 0.717) is 0 Å². The fraction of sp³-hybridized carbons (Fsp3) is 0.467. The van der Waals surface area contributed by atoms with E-state index in [0.717, 1.165) is 11.3 Å². The van der Waals surface area contributed by atoms with Gasteiger partial charge in [0.15, 0.2) is 0 Å². The van der Waals surface area contributed by atoms with Crippen molar-refractivity contribution in [3.8, 4) is 6.07 Å². The standard InChI is InChI=1S/C15H21N3O/c1-11(2)18(10-15(19)17-8-7-16)14-9-12(3)5-6-13(14)4/h5-6,9,11H,8,10H2,1-4H3,(H,17,19). The molecular formula is C15H21N3O. The van der Waals surface area contributed by atoms with Crippen LogP contribution in [0.25, 0.3) is 0 Å². The fourth-order valence-corrected chi connectivity index (χ4v) is 1.92. The molecule has 4 heteroatoms. The highest BCUT2D eigenvalue weighted by Gasteiger charge is 2.16. The molecule has 0 heterocycles. The van der Waals surface area contributed by atoms with Crippen molar-refractivity contribution in [3.05, 3.63) is 29.3 Å². The van der Waals surface area contributed by atoms with Gasteiger partial charge in [-0.25, -0.2) is 0 Å². The molecule has 1 aromatic carbocycles. The second-order valence-corrected chi connectivity index (χ2v) is 4.95. The van der Waals surface area contributed by atoms with E-state index < -0.39 is 0 Å². The first-order chi connectivity index (χ1) is 8.95. The van der Waals surface area contributed by atoms with Crippen molar-refractivity contribution in [1.29, 1.82) is 5.26 Å². The van der Waals surface area contributed by atoms with Gasteiger partial charge in [-0.3, -0.25) is 4.79 Å². The smallest absolute Gasteiger partial charge is 0.240 e. The summed E-state index contributed by atoms with van der Waals surface area (Å²) in [5.41, 5.74) is 3.39. The molecule has 0 fully saturated rings. The number of anilines is 1. The largest absolute Gasteiger partial charge is 0.360 e. The minimum absolute atomic E-state index is 0.0531. The Balaban J connectivity index is 2.92. The quantitative estimate of drug-likeness (QED) is 0.824. The van der Waals surface area contributed by atoms with Gasteiger partial charge in [-0.15, -0.1) is 0 Å². The molecule has 102 valence electrons. The van der Waals surface area contributed by atoms with Crippen molar-refractivity contribution in [3.63, 3.8) is 0 Å². The number of carbonyl (C=O) groups is 1. The molecule has 0 saturated carbocycles. The fourth-order valence-electron chi connectivity index (χ4n) is 1.92. The minimum atomic E-state index is -0.129. The van der Waals surface area contributed by atoms with Crippen molar-refractivity contribution in [2.45, 2.75) is 33.7 Å². The lowest BCUT2D eigenvalue weighted by molar-refractivity contribution is -0.119. The van der Waals surface area contributed by atoms with Gasteiger partial charge in [-0.05, 0) is 44.9 Å². The van der Waals surface area contributed by atoms with Crippen molar-refractivity contribution in [1.82, 2.24) is 5.32 Å². The molecule has 0 bridgehead atoms. The van der Waals surface area contributed by atoms with Crippen molar-refractivity contribution >= 4 is 11.6 Å². The minimum Gasteiger partial charge on any atom is -0.360 e. The number of hydrogen-bond donors (Lipinski definition) is 1. The van der Waals surface area contributed by atoms with Gasteiger partial charge >= 0.3 is 0 Å². The van der Waals surface area contributed by atoms with Crippen LogP contribution in [0.2, 0.25) is 0 Å². The van der Waals surface area contributed by atoms with Gasteiger partial charge in [0.1, 0.15) is 6.54 Å². The number of amides is 1. The molecule has 1 amide bonds. The first kappa shape index (κ1) is 15.0. The SMILES string of the molecule is Cc1ccc(C)c(N(CC(=O)NCC#N)C(C)C)c1. The molecule has 4 nitrogen and oxygen atoms in total. The van der Waals surface area contributed by atoms with Gasteiger partial charge < -0.3 is 10.2 Å². The Hall–Kier alpha value is -2.02. The van der Waals surface area contributed by atoms with Crippen LogP contribution in [0.15, 0.2) is 18.2 Å². The molecule has 1 N–H and O–H groups in total. The lowest BCUT2D eigenvalue weighted by atomic mass is 10.1. The number of nitrogens with one attached hydrogen (secondary N) is 1. The van der Waals surface area contributed by atoms with Crippen LogP contribution in [-0.4, -0.2) is 25.0 Å². The summed E-state index contributed by atoms with van der Waals surface area (Å²) in [4.78, 5) is 13.8. The van der Waals surface area contributed by atoms with E-state index in [1.165, 1.54) is 5.56 Å². The van der Waals surface area contributed by atoms with Crippen molar-refractivity contribution in [2.75, 3.05) is 18.0 Å². The van der Waals surface area contributed by atoms with Crippen LogP contribution in [0, 0.1) is 25.2 Å². The third kappa shape index (κ3) is 4.29. The highest BCUT2D eigenvalue weighted by molar-refractivity contribution is 5.82. The Morgan fingerprint density at radius 3 is 2.68 bits per heavy atom. The topological polar surface area (TPSA) is 56.1 Å². The average molecular weight is 259 g/mol. The van der Waals surface area contributed by atoms with Gasteiger partial charge in [0.05, 0.1) is 12.6 Å². The maximum Gasteiger partial charge on any atom is 0.240 e. The lowest BCUT2D eigenvalue weighted by Gasteiger charge is -2.30. The highest BCUT2D eigenvalue weighted by Crippen LogP contribution is 2.23. The van der Waals surface area contributed by atoms with Crippen molar-refractivity contribution < 1.29 is 4.79 Å². The second kappa shape index (κ2) is 6.79. The zero-order valence-electron chi connectivity index (χ0n) is 12.0. The molecule has 1 aromatic rings. The van der Waals surface area contributed by atoms with E-state index in [-0.39, 0.29) is 25.0 Å². The Bertz CT molecular complexity index is 489. The summed E-state index contributed by atoms with van der Waals surface area (Å²) in [5.74, 6) is -0.129. The molecule has 0 aliphatic carbocycles. The summed E-state index contributed by atoms with van der Waals surface area (Å²) < 4.78 is 0. The van der Waals surface area contributed by atoms with Crippen LogP contribution in [0.5, 0.6) is 0 Å². The average Bonchev–Trinajstić information content (AvgIpc) is 2.36. The Kier molecular flexibility index (Phi) is 5.37. The number of aryl methyl sites for hydroxylation is 2. The predicted molar refractivity (Wildman–Crippen MR) is 77.0 cm³/mol. The van der Waals surface area contributed by atoms with Gasteiger partial charge in [0.2, 0.25) is 5.91 Å². The molecule has 0 aliphatic rings. The van der Waals surface area contributed by atoms with E-state index in [1.807, 2.05) is 19.9 Å². The maximum atomic E-state index is 11.8. The van der Waals surface area contributed by atoms with E-state index in [9.17, 15) is 4.79 Å². The molecule has 0 aliphatic heterocycles. The number of nitriles is 1. The van der Waals surface area contributed by atoms with Crippen LogP contribution in [0.3, 0.4) is 0 Å². The van der Waals surface area contributed by atoms with Gasteiger partial charge in [-0.1, -0.05) is 12.1 Å². The van der Waals surface area contributed by atoms with Gasteiger partial charge in [0, 0.05) is 11.7 Å². The summed E-state index contributed by atoms with van der Waals surface area (Å²) >= 11 is 0. The normalized spacial score (nSPS) is 10.1. The third-order valence-corrected chi connectivity index (χ3v) is 2.98. The van der Waals surface area contributed by atoms with Crippen LogP contribution in [0.4, 0.5) is 5.69 Å². The number of hydrogen-bond acceptors (Lipinski definition) is 3. The summed E-state index contributed by atoms with van der Waals surface area (Å²) in [5, 5.41) is 11.1. The Morgan fingerprint density at radius 1 is 1.42 bits per heavy atom. The first-order valence-electron chi connectivity index (χ1n) is 6.43. The van der Waals surface area contributed by atoms with E-state index in [2.05, 4.69) is 42.3 Å². The summed E-state index contributed by atoms with van der Waals surface area (Å²) in [6, 6.07) is 8.34. The van der Waals surface area contributed by atoms with Gasteiger partial charge in [0.25, 0.3) is 0 Å². The van der Waals surface area contributed by atoms with Crippen LogP contribution >= 0.6 is 0 Å². The van der Waals surface area contributed by atoms with Crippen LogP contribution in [0.1, 0.15) is 25.0 Å². The molecule has 0 spiro atoms. The molecule has 0 unspecified atom stereocenters. The number of rotatable bonds is 5. The number of benzene rings is 1. The molecule has 1 rings (SSSR count). The maximum absolute atomic E-state index is 11.8.